The number of ether oxygens (including phenoxy) is 1. The van der Waals surface area contributed by atoms with Crippen molar-refractivity contribution in [1.29, 1.82) is 0 Å². The standard InChI is InChI=1S/C14H18FNO4S/c1-3-16(8-10-20-2)21(18,19)14-7-6-12(5-4-9-17)11-13(14)15/h6-7,11,17H,3,8-10H2,1-2H3. The van der Waals surface area contributed by atoms with Crippen molar-refractivity contribution < 1.29 is 22.7 Å². The van der Waals surface area contributed by atoms with Gasteiger partial charge < -0.3 is 9.84 Å². The fourth-order valence-corrected chi connectivity index (χ4v) is 3.19. The lowest BCUT2D eigenvalue weighted by atomic mass is 10.2. The van der Waals surface area contributed by atoms with E-state index in [0.29, 0.717) is 5.56 Å². The molecule has 0 saturated carbocycles. The Balaban J connectivity index is 3.13. The Morgan fingerprint density at radius 1 is 1.43 bits per heavy atom. The van der Waals surface area contributed by atoms with Crippen LogP contribution in [0.4, 0.5) is 4.39 Å². The fraction of sp³-hybridized carbons (Fsp3) is 0.429. The minimum atomic E-state index is -3.91. The number of likely N-dealkylation sites (N-methyl/N-ethyl adjacent to an activating group) is 1. The summed E-state index contributed by atoms with van der Waals surface area (Å²) in [5, 5.41) is 8.59. The van der Waals surface area contributed by atoms with Crippen molar-refractivity contribution in [2.75, 3.05) is 33.4 Å². The van der Waals surface area contributed by atoms with Gasteiger partial charge in [-0.05, 0) is 18.2 Å². The molecule has 0 aromatic heterocycles. The van der Waals surface area contributed by atoms with Gasteiger partial charge in [0.25, 0.3) is 0 Å². The van der Waals surface area contributed by atoms with E-state index in [1.165, 1.54) is 19.2 Å². The van der Waals surface area contributed by atoms with Gasteiger partial charge >= 0.3 is 0 Å². The van der Waals surface area contributed by atoms with Gasteiger partial charge in [0.2, 0.25) is 10.0 Å². The van der Waals surface area contributed by atoms with E-state index < -0.39 is 20.7 Å². The van der Waals surface area contributed by atoms with E-state index in [9.17, 15) is 12.8 Å². The molecule has 21 heavy (non-hydrogen) atoms. The molecule has 0 aliphatic rings. The fourth-order valence-electron chi connectivity index (χ4n) is 1.71. The summed E-state index contributed by atoms with van der Waals surface area (Å²) in [7, 11) is -2.44. The molecular formula is C14H18FNO4S. The number of methoxy groups -OCH3 is 1. The van der Waals surface area contributed by atoms with Crippen LogP contribution in [-0.4, -0.2) is 51.2 Å². The first-order valence-electron chi connectivity index (χ1n) is 6.35. The normalized spacial score (nSPS) is 11.3. The van der Waals surface area contributed by atoms with Crippen LogP contribution in [0.2, 0.25) is 0 Å². The van der Waals surface area contributed by atoms with Gasteiger partial charge in [-0.25, -0.2) is 12.8 Å². The topological polar surface area (TPSA) is 66.8 Å². The number of aliphatic hydroxyl groups excluding tert-OH is 1. The highest BCUT2D eigenvalue weighted by atomic mass is 32.2. The van der Waals surface area contributed by atoms with Crippen LogP contribution in [-0.2, 0) is 14.8 Å². The van der Waals surface area contributed by atoms with Crippen LogP contribution in [0, 0.1) is 17.7 Å². The molecule has 1 aromatic carbocycles. The summed E-state index contributed by atoms with van der Waals surface area (Å²) in [6.45, 7) is 1.93. The Labute approximate surface area is 124 Å². The first-order chi connectivity index (χ1) is 9.97. The first kappa shape index (κ1) is 17.6. The number of halogens is 1. The molecule has 0 radical (unpaired) electrons. The van der Waals surface area contributed by atoms with Gasteiger partial charge in [-0.15, -0.1) is 0 Å². The molecule has 0 bridgehead atoms. The number of aliphatic hydroxyl groups is 1. The zero-order chi connectivity index (χ0) is 15.9. The molecule has 0 atom stereocenters. The van der Waals surface area contributed by atoms with E-state index in [1.54, 1.807) is 6.92 Å². The summed E-state index contributed by atoms with van der Waals surface area (Å²) in [5.74, 6) is 4.03. The molecule has 116 valence electrons. The maximum absolute atomic E-state index is 14.0. The molecule has 0 fully saturated rings. The van der Waals surface area contributed by atoms with Gasteiger partial charge in [0.05, 0.1) is 6.61 Å². The zero-order valence-electron chi connectivity index (χ0n) is 12.0. The quantitative estimate of drug-likeness (QED) is 0.790. The second kappa shape index (κ2) is 8.10. The third kappa shape index (κ3) is 4.51. The highest BCUT2D eigenvalue weighted by Crippen LogP contribution is 2.20. The summed E-state index contributed by atoms with van der Waals surface area (Å²) < 4.78 is 44.8. The maximum Gasteiger partial charge on any atom is 0.246 e. The number of rotatable bonds is 6. The Hall–Kier alpha value is -1.46. The summed E-state index contributed by atoms with van der Waals surface area (Å²) in [4.78, 5) is -0.394. The van der Waals surface area contributed by atoms with Gasteiger partial charge in [0.1, 0.15) is 17.3 Å². The summed E-state index contributed by atoms with van der Waals surface area (Å²) >= 11 is 0. The molecule has 0 aliphatic carbocycles. The van der Waals surface area contributed by atoms with Crippen molar-refractivity contribution in [3.63, 3.8) is 0 Å². The number of hydrogen-bond donors (Lipinski definition) is 1. The van der Waals surface area contributed by atoms with Crippen molar-refractivity contribution in [1.82, 2.24) is 4.31 Å². The monoisotopic (exact) mass is 315 g/mol. The second-order valence-electron chi connectivity index (χ2n) is 4.09. The van der Waals surface area contributed by atoms with E-state index in [0.717, 1.165) is 10.4 Å². The molecule has 0 saturated heterocycles. The predicted octanol–water partition coefficient (Wildman–Crippen LogP) is 0.827. The van der Waals surface area contributed by atoms with Gasteiger partial charge in [-0.2, -0.15) is 4.31 Å². The Morgan fingerprint density at radius 2 is 2.14 bits per heavy atom. The van der Waals surface area contributed by atoms with Crippen LogP contribution >= 0.6 is 0 Å². The molecule has 1 N–H and O–H groups in total. The molecule has 1 rings (SSSR count). The van der Waals surface area contributed by atoms with Crippen LogP contribution < -0.4 is 0 Å². The summed E-state index contributed by atoms with van der Waals surface area (Å²) in [5.41, 5.74) is 0.306. The third-order valence-electron chi connectivity index (χ3n) is 2.76. The van der Waals surface area contributed by atoms with Crippen molar-refractivity contribution in [3.8, 4) is 11.8 Å². The average molecular weight is 315 g/mol. The molecule has 0 unspecified atom stereocenters. The first-order valence-corrected chi connectivity index (χ1v) is 7.79. The molecule has 0 heterocycles. The van der Waals surface area contributed by atoms with Crippen LogP contribution in [0.5, 0.6) is 0 Å². The maximum atomic E-state index is 14.0. The van der Waals surface area contributed by atoms with E-state index >= 15 is 0 Å². The molecule has 0 amide bonds. The SMILES string of the molecule is CCN(CCOC)S(=O)(=O)c1ccc(C#CCO)cc1F. The van der Waals surface area contributed by atoms with E-state index in [-0.39, 0.29) is 26.3 Å². The van der Waals surface area contributed by atoms with E-state index in [2.05, 4.69) is 11.8 Å². The minimum Gasteiger partial charge on any atom is -0.384 e. The predicted molar refractivity (Wildman–Crippen MR) is 76.7 cm³/mol. The Bertz CT molecular complexity index is 634. The van der Waals surface area contributed by atoms with Crippen LogP contribution in [0.1, 0.15) is 12.5 Å². The lowest BCUT2D eigenvalue weighted by molar-refractivity contribution is 0.180. The molecule has 1 aromatic rings. The van der Waals surface area contributed by atoms with Crippen molar-refractivity contribution >= 4 is 10.0 Å². The molecule has 0 spiro atoms. The van der Waals surface area contributed by atoms with Gasteiger partial charge in [0.15, 0.2) is 0 Å². The molecule has 0 aliphatic heterocycles. The lowest BCUT2D eigenvalue weighted by Crippen LogP contribution is -2.34. The zero-order valence-corrected chi connectivity index (χ0v) is 12.8. The van der Waals surface area contributed by atoms with Crippen LogP contribution in [0.25, 0.3) is 0 Å². The number of benzene rings is 1. The Kier molecular flexibility index (Phi) is 6.78. The van der Waals surface area contributed by atoms with Crippen LogP contribution in [0.3, 0.4) is 0 Å². The highest BCUT2D eigenvalue weighted by molar-refractivity contribution is 7.89. The molecule has 5 nitrogen and oxygen atoms in total. The number of sulfonamides is 1. The highest BCUT2D eigenvalue weighted by Gasteiger charge is 2.26. The molecular weight excluding hydrogens is 297 g/mol. The van der Waals surface area contributed by atoms with Gasteiger partial charge in [0, 0.05) is 25.8 Å². The lowest BCUT2D eigenvalue weighted by Gasteiger charge is -2.20. The summed E-state index contributed by atoms with van der Waals surface area (Å²) in [6.07, 6.45) is 0. The molecule has 7 heteroatoms. The second-order valence-corrected chi connectivity index (χ2v) is 6.00. The third-order valence-corrected chi connectivity index (χ3v) is 4.77. The van der Waals surface area contributed by atoms with Crippen molar-refractivity contribution in [2.24, 2.45) is 0 Å². The van der Waals surface area contributed by atoms with E-state index in [4.69, 9.17) is 9.84 Å². The van der Waals surface area contributed by atoms with Crippen LogP contribution in [0.15, 0.2) is 23.1 Å². The van der Waals surface area contributed by atoms with Crippen molar-refractivity contribution in [2.45, 2.75) is 11.8 Å². The van der Waals surface area contributed by atoms with E-state index in [1.807, 2.05) is 0 Å². The smallest absolute Gasteiger partial charge is 0.246 e. The number of hydrogen-bond acceptors (Lipinski definition) is 4. The minimum absolute atomic E-state index is 0.154. The summed E-state index contributed by atoms with van der Waals surface area (Å²) in [6, 6.07) is 3.63. The number of nitrogens with zero attached hydrogens (tertiary/aromatic N) is 1. The Morgan fingerprint density at radius 3 is 2.67 bits per heavy atom. The van der Waals surface area contributed by atoms with Gasteiger partial charge in [-0.1, -0.05) is 18.8 Å². The largest absolute Gasteiger partial charge is 0.384 e. The average Bonchev–Trinajstić information content (AvgIpc) is 2.45. The van der Waals surface area contributed by atoms with Crippen molar-refractivity contribution in [3.05, 3.63) is 29.6 Å². The van der Waals surface area contributed by atoms with Gasteiger partial charge in [-0.3, -0.25) is 0 Å².